The van der Waals surface area contributed by atoms with E-state index >= 15 is 0 Å². The number of likely N-dealkylation sites (tertiary alicyclic amines) is 1. The Hall–Kier alpha value is -2.13. The number of para-hydroxylation sites is 1. The van der Waals surface area contributed by atoms with E-state index in [1.807, 2.05) is 56.3 Å². The summed E-state index contributed by atoms with van der Waals surface area (Å²) < 4.78 is 5.73. The summed E-state index contributed by atoms with van der Waals surface area (Å²) >= 11 is 0. The predicted molar refractivity (Wildman–Crippen MR) is 96.4 cm³/mol. The molecule has 0 atom stereocenters. The van der Waals surface area contributed by atoms with Gasteiger partial charge in [-0.2, -0.15) is 0 Å². The van der Waals surface area contributed by atoms with Gasteiger partial charge in [0.25, 0.3) is 0 Å². The number of nitrogens with zero attached hydrogens (tertiary/aromatic N) is 1. The second kappa shape index (κ2) is 7.63. The van der Waals surface area contributed by atoms with Crippen molar-refractivity contribution in [2.45, 2.75) is 39.7 Å². The number of benzene rings is 2. The second-order valence-electron chi connectivity index (χ2n) is 6.60. The van der Waals surface area contributed by atoms with Gasteiger partial charge in [0.15, 0.2) is 0 Å². The first kappa shape index (κ1) is 16.7. The van der Waals surface area contributed by atoms with Crippen LogP contribution in [0, 0.1) is 13.8 Å². The van der Waals surface area contributed by atoms with Crippen LogP contribution in [0.2, 0.25) is 0 Å². The smallest absolute Gasteiger partial charge is 0.343 e. The number of carbonyl (C=O) groups is 1. The highest BCUT2D eigenvalue weighted by molar-refractivity contribution is 5.93. The zero-order valence-corrected chi connectivity index (χ0v) is 14.5. The molecule has 1 saturated heterocycles. The molecule has 0 aromatic heterocycles. The summed E-state index contributed by atoms with van der Waals surface area (Å²) in [4.78, 5) is 15.2. The van der Waals surface area contributed by atoms with Crippen LogP contribution in [0.4, 0.5) is 0 Å². The van der Waals surface area contributed by atoms with Crippen LogP contribution in [-0.2, 0) is 6.54 Å². The van der Waals surface area contributed by atoms with Crippen molar-refractivity contribution in [3.8, 4) is 5.75 Å². The number of ether oxygens (including phenoxy) is 1. The van der Waals surface area contributed by atoms with E-state index in [1.165, 1.54) is 19.3 Å². The van der Waals surface area contributed by atoms with Crippen LogP contribution >= 0.6 is 0 Å². The molecule has 24 heavy (non-hydrogen) atoms. The molecule has 0 spiro atoms. The molecule has 126 valence electrons. The molecular weight excluding hydrogens is 298 g/mol. The largest absolute Gasteiger partial charge is 0.422 e. The van der Waals surface area contributed by atoms with Gasteiger partial charge < -0.3 is 4.74 Å². The molecule has 0 bridgehead atoms. The number of piperidine rings is 1. The molecule has 3 rings (SSSR count). The van der Waals surface area contributed by atoms with Gasteiger partial charge in [-0.3, -0.25) is 4.90 Å². The van der Waals surface area contributed by atoms with Crippen LogP contribution in [0.3, 0.4) is 0 Å². The van der Waals surface area contributed by atoms with E-state index in [0.717, 1.165) is 36.3 Å². The zero-order chi connectivity index (χ0) is 16.9. The van der Waals surface area contributed by atoms with Crippen molar-refractivity contribution in [1.82, 2.24) is 4.90 Å². The lowest BCUT2D eigenvalue weighted by molar-refractivity contribution is 0.0729. The molecule has 0 radical (unpaired) electrons. The molecule has 1 heterocycles. The summed E-state index contributed by atoms with van der Waals surface area (Å²) in [5, 5.41) is 0. The van der Waals surface area contributed by atoms with E-state index in [4.69, 9.17) is 4.74 Å². The second-order valence-corrected chi connectivity index (χ2v) is 6.60. The van der Waals surface area contributed by atoms with Gasteiger partial charge in [0.05, 0.1) is 5.56 Å². The van der Waals surface area contributed by atoms with Crippen molar-refractivity contribution >= 4 is 5.97 Å². The molecule has 0 unspecified atom stereocenters. The molecule has 2 aromatic rings. The first-order chi connectivity index (χ1) is 11.6. The maximum absolute atomic E-state index is 12.7. The van der Waals surface area contributed by atoms with Crippen LogP contribution in [0.1, 0.15) is 46.3 Å². The molecule has 0 N–H and O–H groups in total. The van der Waals surface area contributed by atoms with Crippen LogP contribution < -0.4 is 4.74 Å². The highest BCUT2D eigenvalue weighted by Gasteiger charge is 2.18. The monoisotopic (exact) mass is 323 g/mol. The average molecular weight is 323 g/mol. The zero-order valence-electron chi connectivity index (χ0n) is 14.5. The predicted octanol–water partition coefficient (Wildman–Crippen LogP) is 4.51. The third kappa shape index (κ3) is 3.85. The summed E-state index contributed by atoms with van der Waals surface area (Å²) in [6, 6.07) is 13.7. The fraction of sp³-hybridized carbons (Fsp3) is 0.381. The van der Waals surface area contributed by atoms with Gasteiger partial charge in [-0.25, -0.2) is 4.79 Å². The van der Waals surface area contributed by atoms with Gasteiger partial charge in [-0.1, -0.05) is 42.8 Å². The Morgan fingerprint density at radius 1 is 0.958 bits per heavy atom. The lowest BCUT2D eigenvalue weighted by atomic mass is 10.0. The van der Waals surface area contributed by atoms with Crippen LogP contribution in [-0.4, -0.2) is 24.0 Å². The van der Waals surface area contributed by atoms with Crippen molar-refractivity contribution < 1.29 is 9.53 Å². The number of hydrogen-bond acceptors (Lipinski definition) is 3. The topological polar surface area (TPSA) is 29.5 Å². The molecule has 0 amide bonds. The van der Waals surface area contributed by atoms with E-state index in [9.17, 15) is 4.79 Å². The number of esters is 1. The minimum absolute atomic E-state index is 0.264. The highest BCUT2D eigenvalue weighted by atomic mass is 16.5. The molecule has 1 fully saturated rings. The Labute approximate surface area is 144 Å². The Morgan fingerprint density at radius 2 is 1.62 bits per heavy atom. The number of aryl methyl sites for hydroxylation is 2. The molecule has 1 aliphatic rings. The van der Waals surface area contributed by atoms with Crippen LogP contribution in [0.15, 0.2) is 42.5 Å². The van der Waals surface area contributed by atoms with E-state index in [1.54, 1.807) is 0 Å². The summed E-state index contributed by atoms with van der Waals surface area (Å²) in [5.74, 6) is 0.412. The molecular formula is C21H25NO2. The molecule has 0 saturated carbocycles. The van der Waals surface area contributed by atoms with Gasteiger partial charge in [0, 0.05) is 6.54 Å². The normalized spacial score (nSPS) is 15.2. The van der Waals surface area contributed by atoms with Crippen molar-refractivity contribution in [2.24, 2.45) is 0 Å². The van der Waals surface area contributed by atoms with Crippen LogP contribution in [0.5, 0.6) is 5.75 Å². The van der Waals surface area contributed by atoms with Crippen molar-refractivity contribution in [3.05, 3.63) is 64.7 Å². The summed E-state index contributed by atoms with van der Waals surface area (Å²) in [6.07, 6.45) is 3.80. The van der Waals surface area contributed by atoms with E-state index in [2.05, 4.69) is 4.90 Å². The third-order valence-corrected chi connectivity index (χ3v) is 4.68. The molecule has 3 heteroatoms. The van der Waals surface area contributed by atoms with Gasteiger partial charge in [0.2, 0.25) is 0 Å². The van der Waals surface area contributed by atoms with Crippen molar-refractivity contribution in [2.75, 3.05) is 13.1 Å². The Bertz CT molecular complexity index is 697. The molecule has 1 aliphatic heterocycles. The summed E-state index contributed by atoms with van der Waals surface area (Å²) in [7, 11) is 0. The first-order valence-electron chi connectivity index (χ1n) is 8.74. The van der Waals surface area contributed by atoms with Gasteiger partial charge >= 0.3 is 5.97 Å². The minimum atomic E-state index is -0.264. The van der Waals surface area contributed by atoms with Crippen LogP contribution in [0.25, 0.3) is 0 Å². The number of hydrogen-bond donors (Lipinski definition) is 0. The maximum Gasteiger partial charge on any atom is 0.343 e. The fourth-order valence-corrected chi connectivity index (χ4v) is 3.32. The van der Waals surface area contributed by atoms with E-state index < -0.39 is 0 Å². The first-order valence-corrected chi connectivity index (χ1v) is 8.74. The van der Waals surface area contributed by atoms with Crippen molar-refractivity contribution in [3.63, 3.8) is 0 Å². The summed E-state index contributed by atoms with van der Waals surface area (Å²) in [6.45, 7) is 6.98. The van der Waals surface area contributed by atoms with E-state index in [-0.39, 0.29) is 5.97 Å². The quantitative estimate of drug-likeness (QED) is 0.612. The Kier molecular flexibility index (Phi) is 5.31. The molecule has 2 aromatic carbocycles. The number of rotatable bonds is 4. The van der Waals surface area contributed by atoms with Crippen molar-refractivity contribution in [1.29, 1.82) is 0 Å². The molecule has 3 nitrogen and oxygen atoms in total. The standard InChI is InChI=1S/C21H25NO2/c1-16-9-8-10-17(2)20(16)24-21(23)19-12-5-4-11-18(19)15-22-13-6-3-7-14-22/h4-5,8-12H,3,6-7,13-15H2,1-2H3. The minimum Gasteiger partial charge on any atom is -0.422 e. The average Bonchev–Trinajstić information content (AvgIpc) is 2.59. The van der Waals surface area contributed by atoms with Gasteiger partial charge in [0.1, 0.15) is 5.75 Å². The highest BCUT2D eigenvalue weighted by Crippen LogP contribution is 2.24. The maximum atomic E-state index is 12.7. The Balaban J connectivity index is 1.79. The lowest BCUT2D eigenvalue weighted by Gasteiger charge is -2.27. The Morgan fingerprint density at radius 3 is 2.33 bits per heavy atom. The summed E-state index contributed by atoms with van der Waals surface area (Å²) in [5.41, 5.74) is 3.69. The fourth-order valence-electron chi connectivity index (χ4n) is 3.32. The molecule has 0 aliphatic carbocycles. The van der Waals surface area contributed by atoms with E-state index in [0.29, 0.717) is 11.3 Å². The number of carbonyl (C=O) groups excluding carboxylic acids is 1. The third-order valence-electron chi connectivity index (χ3n) is 4.68. The SMILES string of the molecule is Cc1cccc(C)c1OC(=O)c1ccccc1CN1CCCCC1. The lowest BCUT2D eigenvalue weighted by Crippen LogP contribution is -2.30. The van der Waals surface area contributed by atoms with Gasteiger partial charge in [-0.15, -0.1) is 0 Å². The van der Waals surface area contributed by atoms with Gasteiger partial charge in [-0.05, 0) is 62.5 Å².